The molecular weight excluding hydrogens is 637 g/mol. The molecule has 0 aliphatic carbocycles. The fraction of sp³-hybridized carbons (Fsp3) is 0.487. The average molecular weight is 686 g/mol. The van der Waals surface area contributed by atoms with E-state index in [1.54, 1.807) is 13.1 Å². The summed E-state index contributed by atoms with van der Waals surface area (Å²) in [5.74, 6) is -0.414. The highest BCUT2D eigenvalue weighted by atomic mass is 19.1. The lowest BCUT2D eigenvalue weighted by Gasteiger charge is -2.29. The first kappa shape index (κ1) is 35.3. The van der Waals surface area contributed by atoms with Gasteiger partial charge in [0.15, 0.2) is 17.7 Å². The minimum atomic E-state index is -1.35. The maximum Gasteiger partial charge on any atom is 0.337 e. The lowest BCUT2D eigenvalue weighted by Crippen LogP contribution is -2.37. The van der Waals surface area contributed by atoms with Crippen molar-refractivity contribution in [1.82, 2.24) is 19.4 Å². The fourth-order valence-corrected chi connectivity index (χ4v) is 7.33. The summed E-state index contributed by atoms with van der Waals surface area (Å²) >= 11 is 0. The first-order valence-electron chi connectivity index (χ1n) is 17.5. The van der Waals surface area contributed by atoms with Crippen molar-refractivity contribution < 1.29 is 28.6 Å². The summed E-state index contributed by atoms with van der Waals surface area (Å²) in [7, 11) is 1.93. The molecule has 1 fully saturated rings. The van der Waals surface area contributed by atoms with Crippen LogP contribution in [0.4, 0.5) is 10.2 Å². The van der Waals surface area contributed by atoms with Gasteiger partial charge in [0.25, 0.3) is 0 Å². The molecule has 5 heterocycles. The van der Waals surface area contributed by atoms with Crippen LogP contribution < -0.4 is 9.64 Å². The Morgan fingerprint density at radius 2 is 1.82 bits per heavy atom. The van der Waals surface area contributed by atoms with Crippen molar-refractivity contribution in [2.45, 2.75) is 79.4 Å². The number of anilines is 1. The third-order valence-electron chi connectivity index (χ3n) is 9.73. The maximum absolute atomic E-state index is 15.8. The zero-order chi connectivity index (χ0) is 36.1. The van der Waals surface area contributed by atoms with Gasteiger partial charge in [0.05, 0.1) is 17.9 Å². The SMILES string of the molecule is Cc1nc2c(cc(-c3ccnc(N4CCCN(C(=O)C(C)C)CC4)c3)n2C)c(-c2cc(F)c3c(c2C)CCCO3)c1[C@H](OC(C)(C)C)C(=O)O. The largest absolute Gasteiger partial charge is 0.490 e. The molecule has 50 heavy (non-hydrogen) atoms. The van der Waals surface area contributed by atoms with E-state index in [0.717, 1.165) is 54.1 Å². The van der Waals surface area contributed by atoms with E-state index in [0.29, 0.717) is 59.5 Å². The van der Waals surface area contributed by atoms with Gasteiger partial charge in [-0.1, -0.05) is 13.8 Å². The van der Waals surface area contributed by atoms with Crippen LogP contribution in [-0.2, 0) is 27.8 Å². The van der Waals surface area contributed by atoms with Crippen LogP contribution >= 0.6 is 0 Å². The number of carbonyl (C=O) groups is 2. The molecule has 1 saturated heterocycles. The van der Waals surface area contributed by atoms with Crippen LogP contribution in [0.5, 0.6) is 5.75 Å². The summed E-state index contributed by atoms with van der Waals surface area (Å²) in [6.45, 7) is 16.3. The number of carboxylic acid groups (broad SMARTS) is 1. The molecule has 10 nitrogen and oxygen atoms in total. The Kier molecular flexibility index (Phi) is 9.65. The zero-order valence-corrected chi connectivity index (χ0v) is 30.4. The van der Waals surface area contributed by atoms with E-state index in [1.807, 2.05) is 76.3 Å². The second-order valence-electron chi connectivity index (χ2n) is 14.8. The molecule has 1 N–H and O–H groups in total. The molecule has 2 aliphatic heterocycles. The number of amides is 1. The minimum absolute atomic E-state index is 0.0437. The normalized spacial score (nSPS) is 16.0. The molecule has 2 aliphatic rings. The number of ether oxygens (including phenoxy) is 2. The predicted octanol–water partition coefficient (Wildman–Crippen LogP) is 7.02. The van der Waals surface area contributed by atoms with Crippen LogP contribution in [0.2, 0.25) is 0 Å². The Morgan fingerprint density at radius 3 is 2.52 bits per heavy atom. The molecule has 11 heteroatoms. The fourth-order valence-electron chi connectivity index (χ4n) is 7.33. The van der Waals surface area contributed by atoms with E-state index in [9.17, 15) is 14.7 Å². The maximum atomic E-state index is 15.8. The zero-order valence-electron chi connectivity index (χ0n) is 30.4. The smallest absolute Gasteiger partial charge is 0.337 e. The number of hydrogen-bond donors (Lipinski definition) is 1. The molecule has 1 aromatic carbocycles. The first-order valence-corrected chi connectivity index (χ1v) is 17.5. The number of pyridine rings is 2. The predicted molar refractivity (Wildman–Crippen MR) is 192 cm³/mol. The Bertz CT molecular complexity index is 1960. The van der Waals surface area contributed by atoms with Crippen LogP contribution in [0.3, 0.4) is 0 Å². The highest BCUT2D eigenvalue weighted by molar-refractivity contribution is 6.01. The Hall–Kier alpha value is -4.51. The molecule has 0 spiro atoms. The van der Waals surface area contributed by atoms with Crippen LogP contribution in [0, 0.1) is 25.6 Å². The van der Waals surface area contributed by atoms with Crippen molar-refractivity contribution in [3.8, 4) is 28.1 Å². The van der Waals surface area contributed by atoms with Gasteiger partial charge in [0, 0.05) is 78.7 Å². The number of benzene rings is 1. The number of carboxylic acids is 1. The molecule has 3 aromatic heterocycles. The van der Waals surface area contributed by atoms with E-state index >= 15 is 4.39 Å². The number of aromatic nitrogens is 3. The summed E-state index contributed by atoms with van der Waals surface area (Å²) in [5.41, 5.74) is 5.33. The molecule has 0 bridgehead atoms. The Morgan fingerprint density at radius 1 is 1.06 bits per heavy atom. The van der Waals surface area contributed by atoms with Gasteiger partial charge in [-0.2, -0.15) is 0 Å². The van der Waals surface area contributed by atoms with Gasteiger partial charge in [-0.25, -0.2) is 19.2 Å². The number of hydrogen-bond acceptors (Lipinski definition) is 7. The van der Waals surface area contributed by atoms with E-state index in [4.69, 9.17) is 19.4 Å². The Balaban J connectivity index is 1.53. The van der Waals surface area contributed by atoms with Crippen LogP contribution in [0.1, 0.15) is 75.9 Å². The molecule has 0 saturated carbocycles. The average Bonchev–Trinajstić information content (AvgIpc) is 3.22. The van der Waals surface area contributed by atoms with Crippen molar-refractivity contribution in [3.63, 3.8) is 0 Å². The molecule has 6 rings (SSSR count). The molecule has 4 aromatic rings. The van der Waals surface area contributed by atoms with E-state index < -0.39 is 23.5 Å². The Labute approximate surface area is 293 Å². The lowest BCUT2D eigenvalue weighted by atomic mass is 9.86. The number of aryl methyl sites for hydroxylation is 2. The van der Waals surface area contributed by atoms with Gasteiger partial charge in [-0.3, -0.25) is 4.79 Å². The van der Waals surface area contributed by atoms with Crippen molar-refractivity contribution in [1.29, 1.82) is 0 Å². The quantitative estimate of drug-likeness (QED) is 0.221. The van der Waals surface area contributed by atoms with Crippen molar-refractivity contribution in [3.05, 3.63) is 58.7 Å². The van der Waals surface area contributed by atoms with Crippen LogP contribution in [0.25, 0.3) is 33.4 Å². The summed E-state index contributed by atoms with van der Waals surface area (Å²) in [5, 5.41) is 11.3. The van der Waals surface area contributed by atoms with Crippen LogP contribution in [-0.4, -0.2) is 74.8 Å². The molecular formula is C39H48FN5O5. The first-order chi connectivity index (χ1) is 23.7. The summed E-state index contributed by atoms with van der Waals surface area (Å²) in [4.78, 5) is 39.5. The van der Waals surface area contributed by atoms with Crippen LogP contribution in [0.15, 0.2) is 30.5 Å². The molecule has 0 radical (unpaired) electrons. The third-order valence-corrected chi connectivity index (χ3v) is 9.73. The third kappa shape index (κ3) is 6.67. The van der Waals surface area contributed by atoms with Crippen molar-refractivity contribution in [2.24, 2.45) is 13.0 Å². The van der Waals surface area contributed by atoms with E-state index in [1.165, 1.54) is 6.07 Å². The minimum Gasteiger partial charge on any atom is -0.490 e. The highest BCUT2D eigenvalue weighted by Gasteiger charge is 2.35. The van der Waals surface area contributed by atoms with Gasteiger partial charge >= 0.3 is 5.97 Å². The standard InChI is InChI=1S/C39H48FN5O5/c1-22(2)37(46)45-15-10-14-44(16-17-45)31-19-25(12-13-41-31)30-21-28-33(27-20-29(40)34-26(23(27)3)11-9-18-49-34)32(24(4)42-36(28)43(30)8)35(38(47)48)50-39(5,6)7/h12-13,19-22,35H,9-11,14-18H2,1-8H3,(H,47,48)/t35-/m0/s1. The number of aliphatic carboxylic acids is 1. The van der Waals surface area contributed by atoms with Gasteiger partial charge in [-0.15, -0.1) is 0 Å². The number of halogens is 1. The number of rotatable bonds is 7. The van der Waals surface area contributed by atoms with Crippen molar-refractivity contribution in [2.75, 3.05) is 37.7 Å². The topological polar surface area (TPSA) is 110 Å². The summed E-state index contributed by atoms with van der Waals surface area (Å²) in [6.07, 6.45) is 2.71. The summed E-state index contributed by atoms with van der Waals surface area (Å²) in [6, 6.07) is 7.47. The molecule has 266 valence electrons. The molecule has 1 amide bonds. The number of fused-ring (bicyclic) bond motifs is 2. The van der Waals surface area contributed by atoms with Gasteiger partial charge in [-0.05, 0) is 89.3 Å². The second-order valence-corrected chi connectivity index (χ2v) is 14.8. The number of carbonyl (C=O) groups excluding carboxylic acids is 1. The van der Waals surface area contributed by atoms with Gasteiger partial charge in [0.1, 0.15) is 11.5 Å². The van der Waals surface area contributed by atoms with E-state index in [-0.39, 0.29) is 17.6 Å². The van der Waals surface area contributed by atoms with E-state index in [2.05, 4.69) is 4.90 Å². The van der Waals surface area contributed by atoms with Crippen molar-refractivity contribution >= 4 is 28.7 Å². The molecule has 0 unspecified atom stereocenters. The highest BCUT2D eigenvalue weighted by Crippen LogP contribution is 2.45. The van der Waals surface area contributed by atoms with Gasteiger partial charge in [0.2, 0.25) is 5.91 Å². The number of nitrogens with zero attached hydrogens (tertiary/aromatic N) is 5. The summed E-state index contributed by atoms with van der Waals surface area (Å²) < 4.78 is 29.8. The monoisotopic (exact) mass is 685 g/mol. The van der Waals surface area contributed by atoms with Gasteiger partial charge < -0.3 is 28.9 Å². The lowest BCUT2D eigenvalue weighted by molar-refractivity contribution is -0.160. The second kappa shape index (κ2) is 13.7. The molecule has 1 atom stereocenters.